The largest absolute Gasteiger partial charge is 0.361 e. The number of rotatable bonds is 3. The third kappa shape index (κ3) is 3.00. The number of hydrogen-bond acceptors (Lipinski definition) is 3. The third-order valence-corrected chi connectivity index (χ3v) is 5.33. The highest BCUT2D eigenvalue weighted by molar-refractivity contribution is 7.95. The first-order chi connectivity index (χ1) is 11.0. The molecule has 23 heavy (non-hydrogen) atoms. The zero-order valence-corrected chi connectivity index (χ0v) is 13.4. The number of sulfone groups is 1. The van der Waals surface area contributed by atoms with E-state index < -0.39 is 9.84 Å². The van der Waals surface area contributed by atoms with Gasteiger partial charge in [0, 0.05) is 16.7 Å². The van der Waals surface area contributed by atoms with Crippen LogP contribution in [-0.2, 0) is 9.84 Å². The van der Waals surface area contributed by atoms with Gasteiger partial charge in [-0.1, -0.05) is 17.7 Å². The SMILES string of the molecule is N#CC(=Cc1ccc2[nH]ccc2c1)S(=O)(=O)c1ccc(Cl)cc1. The van der Waals surface area contributed by atoms with Gasteiger partial charge in [0.15, 0.2) is 0 Å². The van der Waals surface area contributed by atoms with Crippen LogP contribution in [0, 0.1) is 11.3 Å². The van der Waals surface area contributed by atoms with Crippen molar-refractivity contribution >= 4 is 38.4 Å². The van der Waals surface area contributed by atoms with E-state index in [1.165, 1.54) is 30.3 Å². The van der Waals surface area contributed by atoms with Crippen molar-refractivity contribution in [3.05, 3.63) is 70.2 Å². The van der Waals surface area contributed by atoms with Crippen molar-refractivity contribution < 1.29 is 8.42 Å². The molecule has 0 amide bonds. The standard InChI is InChI=1S/C17H11ClN2O2S/c18-14-2-4-15(5-3-14)23(21,22)16(11-19)10-12-1-6-17-13(9-12)7-8-20-17/h1-10,20H. The molecule has 0 unspecified atom stereocenters. The smallest absolute Gasteiger partial charge is 0.216 e. The second kappa shape index (κ2) is 5.92. The van der Waals surface area contributed by atoms with Crippen LogP contribution >= 0.6 is 11.6 Å². The van der Waals surface area contributed by atoms with Crippen LogP contribution in [0.25, 0.3) is 17.0 Å². The van der Waals surface area contributed by atoms with Crippen LogP contribution in [0.4, 0.5) is 0 Å². The van der Waals surface area contributed by atoms with E-state index in [2.05, 4.69) is 4.98 Å². The zero-order valence-electron chi connectivity index (χ0n) is 11.8. The summed E-state index contributed by atoms with van der Waals surface area (Å²) in [6.07, 6.45) is 3.17. The molecule has 1 heterocycles. The molecule has 0 aliphatic rings. The third-order valence-electron chi connectivity index (χ3n) is 3.40. The second-order valence-electron chi connectivity index (χ2n) is 4.90. The van der Waals surface area contributed by atoms with Gasteiger partial charge in [-0.25, -0.2) is 8.42 Å². The summed E-state index contributed by atoms with van der Waals surface area (Å²) in [4.78, 5) is 2.79. The van der Waals surface area contributed by atoms with E-state index in [1.807, 2.05) is 18.2 Å². The first-order valence-electron chi connectivity index (χ1n) is 6.70. The second-order valence-corrected chi connectivity index (χ2v) is 7.26. The topological polar surface area (TPSA) is 73.7 Å². The van der Waals surface area contributed by atoms with Crippen molar-refractivity contribution in [1.29, 1.82) is 5.26 Å². The van der Waals surface area contributed by atoms with E-state index in [0.29, 0.717) is 10.6 Å². The Hall–Kier alpha value is -2.55. The molecule has 0 fully saturated rings. The molecule has 0 aliphatic carbocycles. The molecule has 0 radical (unpaired) electrons. The van der Waals surface area contributed by atoms with Gasteiger partial charge in [0.05, 0.1) is 4.90 Å². The number of nitrogens with one attached hydrogen (secondary N) is 1. The van der Waals surface area contributed by atoms with Gasteiger partial charge in [-0.15, -0.1) is 0 Å². The minimum Gasteiger partial charge on any atom is -0.361 e. The van der Waals surface area contributed by atoms with Gasteiger partial charge in [0.2, 0.25) is 9.84 Å². The number of fused-ring (bicyclic) bond motifs is 1. The van der Waals surface area contributed by atoms with Gasteiger partial charge < -0.3 is 4.98 Å². The molecule has 114 valence electrons. The number of hydrogen-bond donors (Lipinski definition) is 1. The van der Waals surface area contributed by atoms with Crippen LogP contribution in [0.2, 0.25) is 5.02 Å². The van der Waals surface area contributed by atoms with Crippen LogP contribution in [0.5, 0.6) is 0 Å². The molecule has 0 atom stereocenters. The Kier molecular flexibility index (Phi) is 3.95. The monoisotopic (exact) mass is 342 g/mol. The fraction of sp³-hybridized carbons (Fsp3) is 0. The Bertz CT molecular complexity index is 1040. The maximum Gasteiger partial charge on any atom is 0.216 e. The summed E-state index contributed by atoms with van der Waals surface area (Å²) >= 11 is 5.77. The van der Waals surface area contributed by atoms with E-state index in [-0.39, 0.29) is 9.80 Å². The predicted octanol–water partition coefficient (Wildman–Crippen LogP) is 4.16. The fourth-order valence-electron chi connectivity index (χ4n) is 2.22. The van der Waals surface area contributed by atoms with Crippen molar-refractivity contribution in [3.8, 4) is 6.07 Å². The molecular weight excluding hydrogens is 332 g/mol. The van der Waals surface area contributed by atoms with Gasteiger partial charge in [-0.3, -0.25) is 0 Å². The first-order valence-corrected chi connectivity index (χ1v) is 8.56. The Labute approximate surface area is 138 Å². The maximum absolute atomic E-state index is 12.6. The average Bonchev–Trinajstić information content (AvgIpc) is 3.00. The molecular formula is C17H11ClN2O2S. The van der Waals surface area contributed by atoms with Crippen LogP contribution in [0.15, 0.2) is 64.5 Å². The average molecular weight is 343 g/mol. The first kappa shape index (κ1) is 15.3. The number of aromatic amines is 1. The van der Waals surface area contributed by atoms with Gasteiger partial charge in [0.1, 0.15) is 11.0 Å². The van der Waals surface area contributed by atoms with Crippen molar-refractivity contribution in [2.75, 3.05) is 0 Å². The normalized spacial score (nSPS) is 12.3. The summed E-state index contributed by atoms with van der Waals surface area (Å²) in [7, 11) is -3.87. The lowest BCUT2D eigenvalue weighted by Gasteiger charge is -2.03. The van der Waals surface area contributed by atoms with Crippen LogP contribution < -0.4 is 0 Å². The van der Waals surface area contributed by atoms with Gasteiger partial charge in [-0.2, -0.15) is 5.26 Å². The minimum atomic E-state index is -3.87. The molecule has 2 aromatic carbocycles. The summed E-state index contributed by atoms with van der Waals surface area (Å²) in [5.41, 5.74) is 1.59. The molecule has 0 saturated carbocycles. The molecule has 1 aromatic heterocycles. The summed E-state index contributed by atoms with van der Waals surface area (Å²) in [6, 6.07) is 14.8. The Morgan fingerprint density at radius 1 is 1.13 bits per heavy atom. The number of allylic oxidation sites excluding steroid dienone is 1. The molecule has 0 aliphatic heterocycles. The molecule has 4 nitrogen and oxygen atoms in total. The number of nitriles is 1. The van der Waals surface area contributed by atoms with Gasteiger partial charge >= 0.3 is 0 Å². The van der Waals surface area contributed by atoms with E-state index >= 15 is 0 Å². The Morgan fingerprint density at radius 2 is 1.87 bits per heavy atom. The van der Waals surface area contributed by atoms with Crippen LogP contribution in [-0.4, -0.2) is 13.4 Å². The van der Waals surface area contributed by atoms with Crippen molar-refractivity contribution in [1.82, 2.24) is 4.98 Å². The minimum absolute atomic E-state index is 0.0393. The lowest BCUT2D eigenvalue weighted by molar-refractivity contribution is 0.603. The van der Waals surface area contributed by atoms with E-state index in [1.54, 1.807) is 18.3 Å². The van der Waals surface area contributed by atoms with Gasteiger partial charge in [-0.05, 0) is 59.5 Å². The highest BCUT2D eigenvalue weighted by atomic mass is 35.5. The lowest BCUT2D eigenvalue weighted by atomic mass is 10.1. The number of H-pyrrole nitrogens is 1. The summed E-state index contributed by atoms with van der Waals surface area (Å²) in [6.45, 7) is 0. The fourth-order valence-corrected chi connectivity index (χ4v) is 3.51. The maximum atomic E-state index is 12.6. The number of halogens is 1. The van der Waals surface area contributed by atoms with E-state index in [9.17, 15) is 13.7 Å². The van der Waals surface area contributed by atoms with Crippen molar-refractivity contribution in [3.63, 3.8) is 0 Å². The summed E-state index contributed by atoms with van der Waals surface area (Å²) < 4.78 is 25.1. The molecule has 1 N–H and O–H groups in total. The van der Waals surface area contributed by atoms with Crippen molar-refractivity contribution in [2.24, 2.45) is 0 Å². The summed E-state index contributed by atoms with van der Waals surface area (Å²) in [5, 5.41) is 10.7. The quantitative estimate of drug-likeness (QED) is 0.726. The highest BCUT2D eigenvalue weighted by Crippen LogP contribution is 2.24. The molecule has 0 saturated heterocycles. The van der Waals surface area contributed by atoms with Crippen LogP contribution in [0.3, 0.4) is 0 Å². The Morgan fingerprint density at radius 3 is 2.57 bits per heavy atom. The number of aromatic nitrogens is 1. The Balaban J connectivity index is 2.07. The number of nitrogens with zero attached hydrogens (tertiary/aromatic N) is 1. The molecule has 3 rings (SSSR count). The van der Waals surface area contributed by atoms with Gasteiger partial charge in [0.25, 0.3) is 0 Å². The van der Waals surface area contributed by atoms with E-state index in [4.69, 9.17) is 11.6 Å². The lowest BCUT2D eigenvalue weighted by Crippen LogP contribution is -2.03. The molecule has 6 heteroatoms. The molecule has 0 bridgehead atoms. The molecule has 3 aromatic rings. The van der Waals surface area contributed by atoms with E-state index in [0.717, 1.165) is 10.9 Å². The van der Waals surface area contributed by atoms with Crippen molar-refractivity contribution in [2.45, 2.75) is 4.90 Å². The molecule has 0 spiro atoms. The highest BCUT2D eigenvalue weighted by Gasteiger charge is 2.20. The summed E-state index contributed by atoms with van der Waals surface area (Å²) in [5.74, 6) is 0. The van der Waals surface area contributed by atoms with Crippen LogP contribution in [0.1, 0.15) is 5.56 Å². The predicted molar refractivity (Wildman–Crippen MR) is 90.5 cm³/mol. The number of benzene rings is 2. The zero-order chi connectivity index (χ0) is 16.4.